The fraction of sp³-hybridized carbons (Fsp3) is 0.531. The van der Waals surface area contributed by atoms with Crippen molar-refractivity contribution >= 4 is 62.9 Å². The van der Waals surface area contributed by atoms with Gasteiger partial charge in [-0.25, -0.2) is 23.1 Å². The predicted molar refractivity (Wildman–Crippen MR) is 186 cm³/mol. The molecule has 2 saturated heterocycles. The summed E-state index contributed by atoms with van der Waals surface area (Å²) in [6.45, 7) is -0.438. The lowest BCUT2D eigenvalue weighted by molar-refractivity contribution is -0.186. The molecule has 3 aliphatic heterocycles. The maximum absolute atomic E-state index is 13.5. The summed E-state index contributed by atoms with van der Waals surface area (Å²) in [5.41, 5.74) is 9.40. The minimum Gasteiger partial charge on any atom is -0.455 e. The van der Waals surface area contributed by atoms with Crippen LogP contribution >= 0.6 is 11.6 Å². The Bertz CT molecular complexity index is 1990. The van der Waals surface area contributed by atoms with Crippen LogP contribution in [-0.4, -0.2) is 115 Å². The zero-order chi connectivity index (χ0) is 39.1. The molecule has 2 aromatic rings. The van der Waals surface area contributed by atoms with E-state index >= 15 is 0 Å². The number of hydrogen-bond donors (Lipinski definition) is 5. The van der Waals surface area contributed by atoms with E-state index in [1.807, 2.05) is 0 Å². The Morgan fingerprint density at radius 3 is 2.43 bits per heavy atom. The zero-order valence-corrected chi connectivity index (χ0v) is 30.3. The highest BCUT2D eigenvalue weighted by molar-refractivity contribution is 7.89. The van der Waals surface area contributed by atoms with E-state index < -0.39 is 63.5 Å². The summed E-state index contributed by atoms with van der Waals surface area (Å²) >= 11 is 5.88. The number of nitrogens with zero attached hydrogens (tertiary/aromatic N) is 5. The SMILES string of the molecule is Nc1nc(N)c(C(=O)NC2=NCC3(CCN(C(=O)c4cccc(S(=O)(=O)NCC5(C(=O)OCC(=O)N6CCCC6C(F)(F)F)CCC5)c4)CC3)N2)nc1Cl. The second kappa shape index (κ2) is 14.8. The van der Waals surface area contributed by atoms with Gasteiger partial charge < -0.3 is 31.3 Å². The monoisotopic (exact) mass is 798 g/mol. The predicted octanol–water partition coefficient (Wildman–Crippen LogP) is 1.20. The number of nitrogen functional groups attached to an aromatic ring is 2. The van der Waals surface area contributed by atoms with E-state index in [0.717, 1.165) is 0 Å². The van der Waals surface area contributed by atoms with Crippen molar-refractivity contribution in [2.45, 2.75) is 67.6 Å². The first kappa shape index (κ1) is 38.9. The van der Waals surface area contributed by atoms with Gasteiger partial charge in [-0.05, 0) is 56.7 Å². The van der Waals surface area contributed by atoms with E-state index in [1.54, 1.807) is 4.90 Å². The maximum atomic E-state index is 13.5. The Morgan fingerprint density at radius 1 is 1.04 bits per heavy atom. The second-order valence-corrected chi connectivity index (χ2v) is 15.9. The van der Waals surface area contributed by atoms with E-state index in [-0.39, 0.29) is 77.7 Å². The minimum atomic E-state index is -4.60. The topological polar surface area (TPSA) is 244 Å². The summed E-state index contributed by atoms with van der Waals surface area (Å²) in [4.78, 5) is 65.8. The number of nitrogens with two attached hydrogens (primary N) is 2. The number of piperidine rings is 1. The van der Waals surface area contributed by atoms with Gasteiger partial charge in [0.05, 0.1) is 22.4 Å². The van der Waals surface area contributed by atoms with Crippen molar-refractivity contribution in [1.82, 2.24) is 35.1 Å². The van der Waals surface area contributed by atoms with Crippen LogP contribution in [0.4, 0.5) is 24.8 Å². The lowest BCUT2D eigenvalue weighted by atomic mass is 9.69. The Hall–Kier alpha value is -4.76. The van der Waals surface area contributed by atoms with Crippen LogP contribution in [0, 0.1) is 5.41 Å². The van der Waals surface area contributed by atoms with Crippen molar-refractivity contribution in [2.75, 3.05) is 50.8 Å². The number of halogens is 4. The summed E-state index contributed by atoms with van der Waals surface area (Å²) in [5, 5.41) is 5.63. The highest BCUT2D eigenvalue weighted by Crippen LogP contribution is 2.42. The van der Waals surface area contributed by atoms with Gasteiger partial charge in [0.1, 0.15) is 6.04 Å². The molecule has 3 amide bonds. The molecule has 1 unspecified atom stereocenters. The summed E-state index contributed by atoms with van der Waals surface area (Å²) < 4.78 is 74.1. The van der Waals surface area contributed by atoms with Gasteiger partial charge in [0.25, 0.3) is 17.7 Å². The fourth-order valence-corrected chi connectivity index (χ4v) is 8.25. The first-order valence-corrected chi connectivity index (χ1v) is 18.9. The number of sulfonamides is 1. The number of esters is 1. The van der Waals surface area contributed by atoms with Crippen molar-refractivity contribution in [3.8, 4) is 0 Å². The summed E-state index contributed by atoms with van der Waals surface area (Å²) in [7, 11) is -4.24. The number of aromatic nitrogens is 2. The third-order valence-electron chi connectivity index (χ3n) is 10.3. The van der Waals surface area contributed by atoms with Crippen LogP contribution in [0.25, 0.3) is 0 Å². The number of nitrogens with one attached hydrogen (secondary N) is 3. The molecule has 6 rings (SSSR count). The highest BCUT2D eigenvalue weighted by Gasteiger charge is 2.49. The van der Waals surface area contributed by atoms with Gasteiger partial charge in [-0.3, -0.25) is 29.5 Å². The van der Waals surface area contributed by atoms with Gasteiger partial charge in [0.2, 0.25) is 10.0 Å². The fourth-order valence-electron chi connectivity index (χ4n) is 6.95. The number of hydrogen-bond acceptors (Lipinski definition) is 13. The molecule has 1 saturated carbocycles. The zero-order valence-electron chi connectivity index (χ0n) is 28.7. The number of anilines is 2. The van der Waals surface area contributed by atoms with E-state index in [2.05, 4.69) is 30.3 Å². The number of alkyl halides is 3. The number of likely N-dealkylation sites (tertiary alicyclic amines) is 2. The first-order chi connectivity index (χ1) is 25.4. The van der Waals surface area contributed by atoms with Crippen molar-refractivity contribution in [1.29, 1.82) is 0 Å². The third-order valence-corrected chi connectivity index (χ3v) is 12.0. The number of aliphatic imine (C=N–C) groups is 1. The molecule has 0 radical (unpaired) electrons. The van der Waals surface area contributed by atoms with E-state index in [9.17, 15) is 40.8 Å². The number of carbonyl (C=O) groups excluding carboxylic acids is 4. The van der Waals surface area contributed by atoms with Gasteiger partial charge in [0.15, 0.2) is 35.0 Å². The Kier molecular flexibility index (Phi) is 10.7. The van der Waals surface area contributed by atoms with Crippen molar-refractivity contribution in [3.63, 3.8) is 0 Å². The number of benzene rings is 1. The molecule has 292 valence electrons. The largest absolute Gasteiger partial charge is 0.455 e. The third kappa shape index (κ3) is 8.02. The molecule has 1 aliphatic carbocycles. The Morgan fingerprint density at radius 2 is 1.76 bits per heavy atom. The van der Waals surface area contributed by atoms with Crippen LogP contribution in [0.3, 0.4) is 0 Å². The van der Waals surface area contributed by atoms with Crippen LogP contribution in [0.5, 0.6) is 0 Å². The number of ether oxygens (including phenoxy) is 1. The molecule has 1 spiro atoms. The Labute approximate surface area is 312 Å². The van der Waals surface area contributed by atoms with E-state index in [0.29, 0.717) is 43.8 Å². The molecular weight excluding hydrogens is 761 g/mol. The average Bonchev–Trinajstić information content (AvgIpc) is 3.76. The van der Waals surface area contributed by atoms with Crippen LogP contribution in [0.15, 0.2) is 34.2 Å². The second-order valence-electron chi connectivity index (χ2n) is 13.8. The molecular formula is C32H38ClF3N10O7S. The number of guanidine groups is 1. The minimum absolute atomic E-state index is 0.101. The molecule has 22 heteroatoms. The smallest absolute Gasteiger partial charge is 0.408 e. The quantitative estimate of drug-likeness (QED) is 0.225. The van der Waals surface area contributed by atoms with Gasteiger partial charge in [-0.2, -0.15) is 13.2 Å². The standard InChI is InChI=1S/C32H38ClF3N10O7S/c33-23-25(38)42-24(37)22(41-23)26(48)43-29-39-17-31(44-29)9-12-45(13-10-31)27(49)18-4-1-5-19(14-18)54(51,52)40-16-30(7-3-8-30)28(50)53-15-21(47)46-11-2-6-20(46)32(34,35)36/h1,4-5,14,20,40H,2-3,6-13,15-17H2,(H4,37,38,42)(H2,39,43,44,48). The van der Waals surface area contributed by atoms with Crippen LogP contribution in [0.1, 0.15) is 65.8 Å². The molecule has 1 aromatic heterocycles. The maximum Gasteiger partial charge on any atom is 0.408 e. The van der Waals surface area contributed by atoms with Crippen molar-refractivity contribution in [2.24, 2.45) is 10.4 Å². The average molecular weight is 799 g/mol. The molecule has 0 bridgehead atoms. The number of amides is 3. The summed E-state index contributed by atoms with van der Waals surface area (Å²) in [6.07, 6.45) is -2.65. The van der Waals surface area contributed by atoms with Crippen LogP contribution in [-0.2, 0) is 24.3 Å². The summed E-state index contributed by atoms with van der Waals surface area (Å²) in [6, 6.07) is 3.51. The van der Waals surface area contributed by atoms with E-state index in [4.69, 9.17) is 27.8 Å². The Balaban J connectivity index is 1.01. The molecule has 1 atom stereocenters. The molecule has 1 aromatic carbocycles. The highest BCUT2D eigenvalue weighted by atomic mass is 35.5. The molecule has 17 nitrogen and oxygen atoms in total. The molecule has 4 heterocycles. The van der Waals surface area contributed by atoms with Crippen molar-refractivity contribution in [3.05, 3.63) is 40.7 Å². The van der Waals surface area contributed by atoms with Crippen molar-refractivity contribution < 1.29 is 45.5 Å². The summed E-state index contributed by atoms with van der Waals surface area (Å²) in [5.74, 6) is -3.08. The van der Waals surface area contributed by atoms with E-state index in [1.165, 1.54) is 24.3 Å². The van der Waals surface area contributed by atoms with Gasteiger partial charge in [-0.1, -0.05) is 24.1 Å². The lowest BCUT2D eigenvalue weighted by Gasteiger charge is -2.39. The van der Waals surface area contributed by atoms with Crippen LogP contribution < -0.4 is 26.8 Å². The van der Waals surface area contributed by atoms with Gasteiger partial charge in [0, 0.05) is 31.7 Å². The lowest BCUT2D eigenvalue weighted by Crippen LogP contribution is -2.57. The molecule has 4 aliphatic rings. The normalized spacial score (nSPS) is 20.5. The van der Waals surface area contributed by atoms with Gasteiger partial charge >= 0.3 is 12.1 Å². The molecule has 54 heavy (non-hydrogen) atoms. The first-order valence-electron chi connectivity index (χ1n) is 17.1. The molecule has 3 fully saturated rings. The number of carbonyl (C=O) groups is 4. The van der Waals surface area contributed by atoms with Crippen LogP contribution in [0.2, 0.25) is 5.15 Å². The number of rotatable bonds is 9. The van der Waals surface area contributed by atoms with Gasteiger partial charge in [-0.15, -0.1) is 0 Å². The molecule has 7 N–H and O–H groups in total.